The first-order valence-corrected chi connectivity index (χ1v) is 12.3. The fourth-order valence-electron chi connectivity index (χ4n) is 4.50. The molecule has 3 heterocycles. The third kappa shape index (κ3) is 7.09. The lowest BCUT2D eigenvalue weighted by Crippen LogP contribution is -3.00. The number of rotatable bonds is 7. The molecule has 5 rings (SSSR count). The van der Waals surface area contributed by atoms with E-state index in [2.05, 4.69) is 99.3 Å². The number of pyridine rings is 2. The maximum Gasteiger partial charge on any atom is 0.173 e. The predicted octanol–water partition coefficient (Wildman–Crippen LogP) is -0.612. The van der Waals surface area contributed by atoms with Crippen LogP contribution in [0.4, 0.5) is 17.1 Å². The summed E-state index contributed by atoms with van der Waals surface area (Å²) >= 11 is 6.01. The topological polar surface area (TPSA) is 14.2 Å². The van der Waals surface area contributed by atoms with Crippen LogP contribution in [0.25, 0.3) is 0 Å². The Bertz CT molecular complexity index is 1210. The SMILES string of the molecule is CN(c1ccc(Cl)cc1)c1cc[n+](Cc2ccc(C[n+]3ccc(N4CCCC4)cc3)cc2)cc1.[Br-].[Br-]. The Hall–Kier alpha value is -2.41. The Morgan fingerprint density at radius 2 is 1.11 bits per heavy atom. The van der Waals surface area contributed by atoms with E-state index < -0.39 is 0 Å². The lowest BCUT2D eigenvalue weighted by Gasteiger charge is -2.18. The van der Waals surface area contributed by atoms with Gasteiger partial charge in [0.05, 0.1) is 5.69 Å². The standard InChI is InChI=1S/C29H31ClN4.2BrH/c1-31(27-10-8-26(30)9-11-27)28-12-18-32(19-13-28)22-24-4-6-25(7-5-24)23-33-20-14-29(15-21-33)34-16-2-3-17-34;;/h4-15,18-21H,2-3,16-17,22-23H2,1H3;2*1H/q+2;;/p-2. The molecule has 0 radical (unpaired) electrons. The first-order valence-electron chi connectivity index (χ1n) is 11.9. The van der Waals surface area contributed by atoms with E-state index in [1.165, 1.54) is 42.7 Å². The van der Waals surface area contributed by atoms with Crippen molar-refractivity contribution < 1.29 is 43.1 Å². The van der Waals surface area contributed by atoms with E-state index in [0.29, 0.717) is 0 Å². The normalized spacial score (nSPS) is 12.6. The van der Waals surface area contributed by atoms with Gasteiger partial charge in [0, 0.05) is 71.9 Å². The van der Waals surface area contributed by atoms with Gasteiger partial charge in [0.1, 0.15) is 0 Å². The Morgan fingerprint density at radius 3 is 1.61 bits per heavy atom. The summed E-state index contributed by atoms with van der Waals surface area (Å²) in [5, 5.41) is 0.753. The number of aromatic nitrogens is 2. The maximum atomic E-state index is 6.01. The Morgan fingerprint density at radius 1 is 0.667 bits per heavy atom. The zero-order valence-electron chi connectivity index (χ0n) is 20.4. The molecule has 4 nitrogen and oxygen atoms in total. The molecule has 4 aromatic rings. The fraction of sp³-hybridized carbons (Fsp3) is 0.241. The molecule has 0 aliphatic carbocycles. The third-order valence-corrected chi connectivity index (χ3v) is 6.82. The zero-order chi connectivity index (χ0) is 23.3. The molecule has 0 N–H and O–H groups in total. The van der Waals surface area contributed by atoms with E-state index >= 15 is 0 Å². The molecule has 1 aliphatic rings. The Balaban J connectivity index is 0.00000180. The Kier molecular flexibility index (Phi) is 10.3. The van der Waals surface area contributed by atoms with Crippen molar-refractivity contribution in [1.82, 2.24) is 0 Å². The van der Waals surface area contributed by atoms with Crippen LogP contribution in [0.5, 0.6) is 0 Å². The van der Waals surface area contributed by atoms with Crippen LogP contribution in [0.3, 0.4) is 0 Å². The number of halogens is 3. The molecule has 0 unspecified atom stereocenters. The summed E-state index contributed by atoms with van der Waals surface area (Å²) in [4.78, 5) is 4.63. The van der Waals surface area contributed by atoms with Crippen LogP contribution < -0.4 is 52.9 Å². The smallest absolute Gasteiger partial charge is 0.173 e. The number of benzene rings is 2. The average Bonchev–Trinajstić information content (AvgIpc) is 3.41. The van der Waals surface area contributed by atoms with E-state index in [4.69, 9.17) is 11.6 Å². The molecule has 0 atom stereocenters. The van der Waals surface area contributed by atoms with Crippen LogP contribution in [-0.4, -0.2) is 20.1 Å². The molecule has 36 heavy (non-hydrogen) atoms. The van der Waals surface area contributed by atoms with E-state index in [0.717, 1.165) is 29.5 Å². The molecular weight excluding hydrogens is 600 g/mol. The lowest BCUT2D eigenvalue weighted by atomic mass is 10.1. The molecule has 0 spiro atoms. The molecule has 0 bridgehead atoms. The largest absolute Gasteiger partial charge is 1.00 e. The number of anilines is 3. The van der Waals surface area contributed by atoms with Crippen molar-refractivity contribution in [2.24, 2.45) is 0 Å². The van der Waals surface area contributed by atoms with Crippen LogP contribution in [0, 0.1) is 0 Å². The lowest BCUT2D eigenvalue weighted by molar-refractivity contribution is -0.688. The van der Waals surface area contributed by atoms with Crippen molar-refractivity contribution in [3.8, 4) is 0 Å². The highest BCUT2D eigenvalue weighted by molar-refractivity contribution is 6.30. The first-order chi connectivity index (χ1) is 16.6. The molecular formula is C29H31Br2ClN4. The van der Waals surface area contributed by atoms with Crippen molar-refractivity contribution >= 4 is 28.7 Å². The number of nitrogens with zero attached hydrogens (tertiary/aromatic N) is 4. The highest BCUT2D eigenvalue weighted by atomic mass is 79.9. The highest BCUT2D eigenvalue weighted by Gasteiger charge is 2.14. The minimum Gasteiger partial charge on any atom is -1.00 e. The summed E-state index contributed by atoms with van der Waals surface area (Å²) in [5.74, 6) is 0. The maximum absolute atomic E-state index is 6.01. The summed E-state index contributed by atoms with van der Waals surface area (Å²) in [7, 11) is 2.07. The van der Waals surface area contributed by atoms with Gasteiger partial charge >= 0.3 is 0 Å². The second-order valence-corrected chi connectivity index (χ2v) is 9.44. The number of hydrogen-bond acceptors (Lipinski definition) is 2. The van der Waals surface area contributed by atoms with Gasteiger partial charge < -0.3 is 43.8 Å². The van der Waals surface area contributed by atoms with Crippen molar-refractivity contribution in [2.45, 2.75) is 25.9 Å². The van der Waals surface area contributed by atoms with Gasteiger partial charge in [-0.25, -0.2) is 9.13 Å². The minimum absolute atomic E-state index is 0. The average molecular weight is 631 g/mol. The second kappa shape index (κ2) is 13.2. The first kappa shape index (κ1) is 28.2. The van der Waals surface area contributed by atoms with Crippen molar-refractivity contribution in [2.75, 3.05) is 29.9 Å². The van der Waals surface area contributed by atoms with Gasteiger partial charge in [-0.05, 0) is 37.1 Å². The molecule has 7 heteroatoms. The van der Waals surface area contributed by atoms with Gasteiger partial charge in [-0.15, -0.1) is 0 Å². The summed E-state index contributed by atoms with van der Waals surface area (Å²) in [6, 6.07) is 25.6. The van der Waals surface area contributed by atoms with Gasteiger partial charge in [-0.1, -0.05) is 35.9 Å². The van der Waals surface area contributed by atoms with Gasteiger partial charge in [0.25, 0.3) is 0 Å². The highest BCUT2D eigenvalue weighted by Crippen LogP contribution is 2.24. The molecule has 2 aromatic carbocycles. The molecule has 0 amide bonds. The molecule has 1 fully saturated rings. The van der Waals surface area contributed by atoms with Crippen LogP contribution in [0.1, 0.15) is 24.0 Å². The van der Waals surface area contributed by atoms with Crippen LogP contribution >= 0.6 is 11.6 Å². The van der Waals surface area contributed by atoms with Gasteiger partial charge in [-0.2, -0.15) is 0 Å². The monoisotopic (exact) mass is 628 g/mol. The van der Waals surface area contributed by atoms with Crippen molar-refractivity contribution in [3.05, 3.63) is 114 Å². The summed E-state index contributed by atoms with van der Waals surface area (Å²) < 4.78 is 4.46. The van der Waals surface area contributed by atoms with Crippen LogP contribution in [-0.2, 0) is 13.1 Å². The third-order valence-electron chi connectivity index (χ3n) is 6.57. The molecule has 2 aromatic heterocycles. The summed E-state index contributed by atoms with van der Waals surface area (Å²) in [5.41, 5.74) is 6.20. The quantitative estimate of drug-likeness (QED) is 0.253. The predicted molar refractivity (Wildman–Crippen MR) is 139 cm³/mol. The summed E-state index contributed by atoms with van der Waals surface area (Å²) in [6.45, 7) is 4.11. The molecule has 1 saturated heterocycles. The van der Waals surface area contributed by atoms with E-state index in [1.54, 1.807) is 0 Å². The molecule has 188 valence electrons. The van der Waals surface area contributed by atoms with Crippen molar-refractivity contribution in [1.29, 1.82) is 0 Å². The summed E-state index contributed by atoms with van der Waals surface area (Å²) in [6.07, 6.45) is 11.3. The molecule has 0 saturated carbocycles. The van der Waals surface area contributed by atoms with Crippen molar-refractivity contribution in [3.63, 3.8) is 0 Å². The Labute approximate surface area is 240 Å². The van der Waals surface area contributed by atoms with Gasteiger partial charge in [0.2, 0.25) is 0 Å². The fourth-order valence-corrected chi connectivity index (χ4v) is 4.63. The molecule has 1 aliphatic heterocycles. The van der Waals surface area contributed by atoms with Gasteiger partial charge in [0.15, 0.2) is 37.9 Å². The number of hydrogen-bond donors (Lipinski definition) is 0. The van der Waals surface area contributed by atoms with E-state index in [9.17, 15) is 0 Å². The second-order valence-electron chi connectivity index (χ2n) is 9.00. The van der Waals surface area contributed by atoms with Crippen LogP contribution in [0.15, 0.2) is 97.6 Å². The van der Waals surface area contributed by atoms with Gasteiger partial charge in [-0.3, -0.25) is 0 Å². The van der Waals surface area contributed by atoms with E-state index in [-0.39, 0.29) is 34.0 Å². The zero-order valence-corrected chi connectivity index (χ0v) is 24.3. The van der Waals surface area contributed by atoms with E-state index in [1.807, 2.05) is 24.3 Å². The van der Waals surface area contributed by atoms with Crippen LogP contribution in [0.2, 0.25) is 5.02 Å². The minimum atomic E-state index is 0.